The van der Waals surface area contributed by atoms with Crippen LogP contribution in [0.1, 0.15) is 44.1 Å². The molecule has 3 atom stereocenters. The molecule has 3 aliphatic rings. The van der Waals surface area contributed by atoms with E-state index in [-0.39, 0.29) is 23.6 Å². The van der Waals surface area contributed by atoms with Gasteiger partial charge in [-0.05, 0) is 44.1 Å². The average Bonchev–Trinajstić information content (AvgIpc) is 3.00. The second-order valence-corrected chi connectivity index (χ2v) is 10.2. The van der Waals surface area contributed by atoms with E-state index in [4.69, 9.17) is 0 Å². The first kappa shape index (κ1) is 18.9. The van der Waals surface area contributed by atoms with Crippen molar-refractivity contribution in [3.63, 3.8) is 0 Å². The number of piperidine rings is 2. The Kier molecular flexibility index (Phi) is 5.53. The molecule has 0 aromatic heterocycles. The molecule has 3 heterocycles. The Bertz CT molecular complexity index is 756. The zero-order valence-corrected chi connectivity index (χ0v) is 16.5. The second-order valence-electron chi connectivity index (χ2n) is 8.25. The van der Waals surface area contributed by atoms with Gasteiger partial charge >= 0.3 is 0 Å². The lowest BCUT2D eigenvalue weighted by atomic mass is 9.95. The molecule has 3 aliphatic heterocycles. The molecule has 0 radical (unpaired) electrons. The normalized spacial score (nSPS) is 31.6. The van der Waals surface area contributed by atoms with E-state index in [1.165, 1.54) is 17.1 Å². The molecule has 4 rings (SSSR count). The molecule has 0 aliphatic carbocycles. The number of nitrogens with zero attached hydrogens (tertiary/aromatic N) is 1. The highest BCUT2D eigenvalue weighted by Crippen LogP contribution is 2.28. The highest BCUT2D eigenvalue weighted by molar-refractivity contribution is 7.88. The monoisotopic (exact) mass is 391 g/mol. The number of carbonyl (C=O) groups is 1. The average molecular weight is 392 g/mol. The lowest BCUT2D eigenvalue weighted by Gasteiger charge is -2.34. The van der Waals surface area contributed by atoms with Crippen LogP contribution in [0.25, 0.3) is 0 Å². The fourth-order valence-corrected chi connectivity index (χ4v) is 6.39. The summed E-state index contributed by atoms with van der Waals surface area (Å²) in [6.07, 6.45) is 5.89. The first-order valence-electron chi connectivity index (χ1n) is 10.1. The topological polar surface area (TPSA) is 78.5 Å². The van der Waals surface area contributed by atoms with Gasteiger partial charge < -0.3 is 10.6 Å². The number of sulfonamides is 1. The third-order valence-electron chi connectivity index (χ3n) is 6.16. The summed E-state index contributed by atoms with van der Waals surface area (Å²) in [5.41, 5.74) is 0.786. The summed E-state index contributed by atoms with van der Waals surface area (Å²) >= 11 is 0. The van der Waals surface area contributed by atoms with Crippen LogP contribution in [0, 0.1) is 5.92 Å². The summed E-state index contributed by atoms with van der Waals surface area (Å²) in [6.45, 7) is 0.815. The van der Waals surface area contributed by atoms with E-state index in [1.54, 1.807) is 0 Å². The van der Waals surface area contributed by atoms with E-state index in [2.05, 4.69) is 10.6 Å². The standard InChI is InChI=1S/C20H29N3O3S/c24-20(22-19-11-17-8-9-18(12-19)21-17)16-7-4-10-23(13-16)27(25,26)14-15-5-2-1-3-6-15/h1-3,5-6,16-19,21H,4,7-14H2,(H,22,24). The van der Waals surface area contributed by atoms with Gasteiger partial charge in [0.2, 0.25) is 15.9 Å². The Labute approximate surface area is 161 Å². The van der Waals surface area contributed by atoms with Crippen molar-refractivity contribution < 1.29 is 13.2 Å². The fourth-order valence-electron chi connectivity index (χ4n) is 4.78. The summed E-state index contributed by atoms with van der Waals surface area (Å²) in [6, 6.07) is 10.5. The van der Waals surface area contributed by atoms with Gasteiger partial charge in [0.15, 0.2) is 0 Å². The minimum absolute atomic E-state index is 0.000165. The molecule has 7 heteroatoms. The molecule has 3 saturated heterocycles. The Morgan fingerprint density at radius 1 is 1.11 bits per heavy atom. The van der Waals surface area contributed by atoms with E-state index >= 15 is 0 Å². The Morgan fingerprint density at radius 3 is 2.52 bits per heavy atom. The van der Waals surface area contributed by atoms with Gasteiger partial charge in [0, 0.05) is 31.2 Å². The van der Waals surface area contributed by atoms with Gasteiger partial charge in [0.1, 0.15) is 0 Å². The van der Waals surface area contributed by atoms with E-state index in [1.807, 2.05) is 30.3 Å². The van der Waals surface area contributed by atoms with E-state index < -0.39 is 10.0 Å². The number of fused-ring (bicyclic) bond motifs is 2. The zero-order valence-electron chi connectivity index (χ0n) is 15.6. The number of amides is 1. The lowest BCUT2D eigenvalue weighted by Crippen LogP contribution is -2.51. The van der Waals surface area contributed by atoms with Crippen LogP contribution in [0.4, 0.5) is 0 Å². The molecule has 3 fully saturated rings. The summed E-state index contributed by atoms with van der Waals surface area (Å²) in [4.78, 5) is 12.8. The van der Waals surface area contributed by atoms with Gasteiger partial charge in [-0.3, -0.25) is 4.79 Å². The number of carbonyl (C=O) groups excluding carboxylic acids is 1. The van der Waals surface area contributed by atoms with E-state index in [0.717, 1.165) is 31.2 Å². The predicted molar refractivity (Wildman–Crippen MR) is 104 cm³/mol. The van der Waals surface area contributed by atoms with Crippen LogP contribution in [-0.4, -0.2) is 49.8 Å². The first-order chi connectivity index (χ1) is 13.0. The quantitative estimate of drug-likeness (QED) is 0.800. The number of hydrogen-bond donors (Lipinski definition) is 2. The number of benzene rings is 1. The summed E-state index contributed by atoms with van der Waals surface area (Å²) in [5.74, 6) is -0.211. The van der Waals surface area contributed by atoms with Gasteiger partial charge in [-0.1, -0.05) is 30.3 Å². The molecule has 2 bridgehead atoms. The molecule has 27 heavy (non-hydrogen) atoms. The maximum Gasteiger partial charge on any atom is 0.224 e. The van der Waals surface area contributed by atoms with Gasteiger partial charge in [0.05, 0.1) is 11.7 Å². The highest BCUT2D eigenvalue weighted by Gasteiger charge is 2.37. The largest absolute Gasteiger partial charge is 0.353 e. The summed E-state index contributed by atoms with van der Waals surface area (Å²) in [7, 11) is -3.40. The molecule has 6 nitrogen and oxygen atoms in total. The van der Waals surface area contributed by atoms with Crippen LogP contribution in [0.15, 0.2) is 30.3 Å². The zero-order chi connectivity index (χ0) is 18.9. The minimum Gasteiger partial charge on any atom is -0.353 e. The second kappa shape index (κ2) is 7.89. The molecular formula is C20H29N3O3S. The van der Waals surface area contributed by atoms with Crippen molar-refractivity contribution in [2.24, 2.45) is 5.92 Å². The van der Waals surface area contributed by atoms with Crippen LogP contribution >= 0.6 is 0 Å². The van der Waals surface area contributed by atoms with Crippen LogP contribution < -0.4 is 10.6 Å². The van der Waals surface area contributed by atoms with Crippen molar-refractivity contribution in [1.29, 1.82) is 0 Å². The van der Waals surface area contributed by atoms with Crippen LogP contribution in [-0.2, 0) is 20.6 Å². The third-order valence-corrected chi connectivity index (χ3v) is 7.98. The van der Waals surface area contributed by atoms with Crippen molar-refractivity contribution in [2.75, 3.05) is 13.1 Å². The van der Waals surface area contributed by atoms with Gasteiger partial charge in [-0.15, -0.1) is 0 Å². The number of hydrogen-bond acceptors (Lipinski definition) is 4. The van der Waals surface area contributed by atoms with Crippen molar-refractivity contribution >= 4 is 15.9 Å². The van der Waals surface area contributed by atoms with Crippen LogP contribution in [0.5, 0.6) is 0 Å². The SMILES string of the molecule is O=C(NC1CC2CCC(C1)N2)C1CCCN(S(=O)(=O)Cc2ccccc2)C1. The molecule has 1 amide bonds. The molecule has 2 N–H and O–H groups in total. The molecule has 1 aromatic rings. The third kappa shape index (κ3) is 4.52. The van der Waals surface area contributed by atoms with Crippen molar-refractivity contribution in [1.82, 2.24) is 14.9 Å². The van der Waals surface area contributed by atoms with Gasteiger partial charge in [-0.2, -0.15) is 0 Å². The van der Waals surface area contributed by atoms with Crippen LogP contribution in [0.2, 0.25) is 0 Å². The lowest BCUT2D eigenvalue weighted by molar-refractivity contribution is -0.127. The minimum atomic E-state index is -3.40. The number of rotatable bonds is 5. The smallest absolute Gasteiger partial charge is 0.224 e. The summed E-state index contributed by atoms with van der Waals surface area (Å²) < 4.78 is 27.1. The molecule has 1 aromatic carbocycles. The van der Waals surface area contributed by atoms with Crippen molar-refractivity contribution in [2.45, 2.75) is 62.4 Å². The van der Waals surface area contributed by atoms with E-state index in [9.17, 15) is 13.2 Å². The van der Waals surface area contributed by atoms with Gasteiger partial charge in [0.25, 0.3) is 0 Å². The molecule has 3 unspecified atom stereocenters. The molecular weight excluding hydrogens is 362 g/mol. The molecule has 0 spiro atoms. The first-order valence-corrected chi connectivity index (χ1v) is 11.7. The maximum atomic E-state index is 12.8. The van der Waals surface area contributed by atoms with Crippen molar-refractivity contribution in [3.8, 4) is 0 Å². The Hall–Kier alpha value is -1.44. The predicted octanol–water partition coefficient (Wildman–Crippen LogP) is 1.63. The van der Waals surface area contributed by atoms with E-state index in [0.29, 0.717) is 25.2 Å². The Balaban J connectivity index is 1.35. The Morgan fingerprint density at radius 2 is 1.81 bits per heavy atom. The fraction of sp³-hybridized carbons (Fsp3) is 0.650. The molecule has 0 saturated carbocycles. The summed E-state index contributed by atoms with van der Waals surface area (Å²) in [5, 5.41) is 6.80. The maximum absolute atomic E-state index is 12.8. The highest BCUT2D eigenvalue weighted by atomic mass is 32.2. The number of nitrogens with one attached hydrogen (secondary N) is 2. The van der Waals surface area contributed by atoms with Crippen molar-refractivity contribution in [3.05, 3.63) is 35.9 Å². The molecule has 148 valence electrons. The van der Waals surface area contributed by atoms with Gasteiger partial charge in [-0.25, -0.2) is 12.7 Å². The van der Waals surface area contributed by atoms with Crippen LogP contribution in [0.3, 0.4) is 0 Å².